The van der Waals surface area contributed by atoms with Crippen LogP contribution in [-0.4, -0.2) is 24.9 Å². The molecule has 5 heteroatoms. The molecule has 0 spiro atoms. The molecule has 1 aromatic heterocycles. The van der Waals surface area contributed by atoms with E-state index in [1.54, 1.807) is 18.4 Å². The van der Waals surface area contributed by atoms with E-state index in [2.05, 4.69) is 34.2 Å². The molecule has 1 unspecified atom stereocenters. The van der Waals surface area contributed by atoms with Gasteiger partial charge >= 0.3 is 0 Å². The Kier molecular flexibility index (Phi) is 4.52. The standard InChI is InChI=1S/C13H16N2OS2/c1-9(8-16-2)14-13(17)15-11-3-4-12-10(7-11)5-6-18-12/h3-7,9H,8H2,1-2H3,(H2,14,15,17). The summed E-state index contributed by atoms with van der Waals surface area (Å²) < 4.78 is 6.34. The molecule has 1 atom stereocenters. The van der Waals surface area contributed by atoms with Crippen LogP contribution in [0.2, 0.25) is 0 Å². The molecule has 0 fully saturated rings. The van der Waals surface area contributed by atoms with Crippen LogP contribution in [0.5, 0.6) is 0 Å². The fourth-order valence-electron chi connectivity index (χ4n) is 1.73. The molecule has 3 nitrogen and oxygen atoms in total. The summed E-state index contributed by atoms with van der Waals surface area (Å²) in [6.45, 7) is 2.66. The molecule has 0 saturated heterocycles. The molecule has 0 saturated carbocycles. The molecule has 18 heavy (non-hydrogen) atoms. The van der Waals surface area contributed by atoms with Gasteiger partial charge in [-0.1, -0.05) is 0 Å². The van der Waals surface area contributed by atoms with Gasteiger partial charge in [0.15, 0.2) is 5.11 Å². The minimum atomic E-state index is 0.194. The van der Waals surface area contributed by atoms with Crippen molar-refractivity contribution >= 4 is 44.4 Å². The summed E-state index contributed by atoms with van der Waals surface area (Å²) in [6, 6.07) is 8.53. The van der Waals surface area contributed by atoms with E-state index < -0.39 is 0 Å². The average molecular weight is 280 g/mol. The number of thiophene rings is 1. The number of hydrogen-bond donors (Lipinski definition) is 2. The first-order valence-corrected chi connectivity index (χ1v) is 7.01. The Morgan fingerprint density at radius 2 is 2.28 bits per heavy atom. The molecule has 2 rings (SSSR count). The van der Waals surface area contributed by atoms with Crippen molar-refractivity contribution in [2.24, 2.45) is 0 Å². The summed E-state index contributed by atoms with van der Waals surface area (Å²) in [6.07, 6.45) is 0. The number of hydrogen-bond acceptors (Lipinski definition) is 3. The minimum Gasteiger partial charge on any atom is -0.383 e. The third-order valence-electron chi connectivity index (χ3n) is 2.50. The molecule has 0 aliphatic rings. The van der Waals surface area contributed by atoms with Crippen molar-refractivity contribution in [3.63, 3.8) is 0 Å². The van der Waals surface area contributed by atoms with Crippen LogP contribution in [0.4, 0.5) is 5.69 Å². The van der Waals surface area contributed by atoms with Gasteiger partial charge in [0.25, 0.3) is 0 Å². The van der Waals surface area contributed by atoms with Gasteiger partial charge in [0, 0.05) is 23.5 Å². The predicted octanol–water partition coefficient (Wildman–Crippen LogP) is 3.22. The van der Waals surface area contributed by atoms with Crippen LogP contribution in [0.15, 0.2) is 29.6 Å². The number of ether oxygens (including phenoxy) is 1. The van der Waals surface area contributed by atoms with Crippen molar-refractivity contribution in [1.82, 2.24) is 5.32 Å². The first kappa shape index (κ1) is 13.3. The molecule has 96 valence electrons. The molecule has 1 heterocycles. The highest BCUT2D eigenvalue weighted by Gasteiger charge is 2.04. The van der Waals surface area contributed by atoms with Gasteiger partial charge in [-0.25, -0.2) is 0 Å². The molecule has 0 aliphatic heterocycles. The van der Waals surface area contributed by atoms with E-state index in [9.17, 15) is 0 Å². The van der Waals surface area contributed by atoms with E-state index in [0.29, 0.717) is 11.7 Å². The van der Waals surface area contributed by atoms with E-state index in [1.807, 2.05) is 13.0 Å². The van der Waals surface area contributed by atoms with Gasteiger partial charge in [-0.2, -0.15) is 0 Å². The van der Waals surface area contributed by atoms with Crippen molar-refractivity contribution < 1.29 is 4.74 Å². The number of anilines is 1. The Balaban J connectivity index is 1.97. The molecule has 2 N–H and O–H groups in total. The topological polar surface area (TPSA) is 33.3 Å². The summed E-state index contributed by atoms with van der Waals surface area (Å²) in [5.41, 5.74) is 1.00. The van der Waals surface area contributed by atoms with Crippen molar-refractivity contribution in [1.29, 1.82) is 0 Å². The smallest absolute Gasteiger partial charge is 0.171 e. The summed E-state index contributed by atoms with van der Waals surface area (Å²) in [5.74, 6) is 0. The number of nitrogens with one attached hydrogen (secondary N) is 2. The zero-order chi connectivity index (χ0) is 13.0. The Morgan fingerprint density at radius 3 is 3.06 bits per heavy atom. The number of benzene rings is 1. The summed E-state index contributed by atoms with van der Waals surface area (Å²) >= 11 is 6.99. The first-order chi connectivity index (χ1) is 8.69. The first-order valence-electron chi connectivity index (χ1n) is 5.73. The normalized spacial score (nSPS) is 12.3. The second-order valence-corrected chi connectivity index (χ2v) is 5.48. The van der Waals surface area contributed by atoms with E-state index >= 15 is 0 Å². The molecular formula is C13H16N2OS2. The molecular weight excluding hydrogens is 264 g/mol. The van der Waals surface area contributed by atoms with Crippen LogP contribution >= 0.6 is 23.6 Å². The highest BCUT2D eigenvalue weighted by atomic mass is 32.1. The van der Waals surface area contributed by atoms with Crippen LogP contribution in [0.1, 0.15) is 6.92 Å². The summed E-state index contributed by atoms with van der Waals surface area (Å²) in [7, 11) is 1.68. The van der Waals surface area contributed by atoms with E-state index in [1.165, 1.54) is 10.1 Å². The number of methoxy groups -OCH3 is 1. The monoisotopic (exact) mass is 280 g/mol. The molecule has 2 aromatic rings. The lowest BCUT2D eigenvalue weighted by atomic mass is 10.2. The van der Waals surface area contributed by atoms with Gasteiger partial charge in [0.05, 0.1) is 6.61 Å². The van der Waals surface area contributed by atoms with Crippen LogP contribution in [-0.2, 0) is 4.74 Å². The van der Waals surface area contributed by atoms with Gasteiger partial charge in [0.1, 0.15) is 0 Å². The lowest BCUT2D eigenvalue weighted by Gasteiger charge is -2.16. The second-order valence-electron chi connectivity index (χ2n) is 4.13. The van der Waals surface area contributed by atoms with Crippen LogP contribution in [0.3, 0.4) is 0 Å². The Morgan fingerprint density at radius 1 is 1.44 bits per heavy atom. The Labute approximate surface area is 116 Å². The lowest BCUT2D eigenvalue weighted by molar-refractivity contribution is 0.179. The summed E-state index contributed by atoms with van der Waals surface area (Å²) in [5, 5.41) is 10.3. The number of rotatable bonds is 4. The van der Waals surface area contributed by atoms with Gasteiger partial charge in [-0.05, 0) is 54.2 Å². The maximum Gasteiger partial charge on any atom is 0.171 e. The quantitative estimate of drug-likeness (QED) is 0.843. The van der Waals surface area contributed by atoms with Crippen LogP contribution in [0.25, 0.3) is 10.1 Å². The highest BCUT2D eigenvalue weighted by Crippen LogP contribution is 2.23. The molecule has 0 amide bonds. The molecule has 0 aliphatic carbocycles. The lowest BCUT2D eigenvalue weighted by Crippen LogP contribution is -2.38. The van der Waals surface area contributed by atoms with E-state index in [4.69, 9.17) is 17.0 Å². The third kappa shape index (κ3) is 3.41. The average Bonchev–Trinajstić information content (AvgIpc) is 2.76. The largest absolute Gasteiger partial charge is 0.383 e. The zero-order valence-corrected chi connectivity index (χ0v) is 12.0. The van der Waals surface area contributed by atoms with E-state index in [-0.39, 0.29) is 6.04 Å². The predicted molar refractivity (Wildman–Crippen MR) is 82.5 cm³/mol. The Hall–Kier alpha value is -1.17. The maximum absolute atomic E-state index is 5.25. The van der Waals surface area contributed by atoms with Crippen molar-refractivity contribution in [3.8, 4) is 0 Å². The Bertz CT molecular complexity index is 539. The zero-order valence-electron chi connectivity index (χ0n) is 10.4. The van der Waals surface area contributed by atoms with Gasteiger partial charge in [-0.3, -0.25) is 0 Å². The molecule has 0 bridgehead atoms. The number of fused-ring (bicyclic) bond motifs is 1. The van der Waals surface area contributed by atoms with Crippen molar-refractivity contribution in [2.45, 2.75) is 13.0 Å². The van der Waals surface area contributed by atoms with Crippen LogP contribution < -0.4 is 10.6 Å². The second kappa shape index (κ2) is 6.13. The third-order valence-corrected chi connectivity index (χ3v) is 3.62. The van der Waals surface area contributed by atoms with Gasteiger partial charge < -0.3 is 15.4 Å². The number of thiocarbonyl (C=S) groups is 1. The van der Waals surface area contributed by atoms with Gasteiger partial charge in [-0.15, -0.1) is 11.3 Å². The highest BCUT2D eigenvalue weighted by molar-refractivity contribution is 7.80. The van der Waals surface area contributed by atoms with Crippen LogP contribution in [0, 0.1) is 0 Å². The fraction of sp³-hybridized carbons (Fsp3) is 0.308. The maximum atomic E-state index is 5.25. The van der Waals surface area contributed by atoms with Crippen molar-refractivity contribution in [3.05, 3.63) is 29.6 Å². The fourth-order valence-corrected chi connectivity index (χ4v) is 2.82. The minimum absolute atomic E-state index is 0.194. The van der Waals surface area contributed by atoms with Crippen molar-refractivity contribution in [2.75, 3.05) is 19.0 Å². The summed E-state index contributed by atoms with van der Waals surface area (Å²) in [4.78, 5) is 0. The SMILES string of the molecule is COCC(C)NC(=S)Nc1ccc2sccc2c1. The van der Waals surface area contributed by atoms with E-state index in [0.717, 1.165) is 5.69 Å². The molecule has 1 aromatic carbocycles. The van der Waals surface area contributed by atoms with Gasteiger partial charge in [0.2, 0.25) is 0 Å². The molecule has 0 radical (unpaired) electrons.